The van der Waals surface area contributed by atoms with Gasteiger partial charge in [0.05, 0.1) is 5.56 Å². The molecular formula is C18H21F3N4O3. The molecule has 0 saturated carbocycles. The van der Waals surface area contributed by atoms with Crippen molar-refractivity contribution in [1.82, 2.24) is 10.1 Å². The molecule has 10 heteroatoms. The van der Waals surface area contributed by atoms with E-state index in [2.05, 4.69) is 15.8 Å². The van der Waals surface area contributed by atoms with E-state index >= 15 is 0 Å². The summed E-state index contributed by atoms with van der Waals surface area (Å²) in [4.78, 5) is 25.9. The highest BCUT2D eigenvalue weighted by Crippen LogP contribution is 2.29. The molecule has 0 aliphatic rings. The molecule has 0 bridgehead atoms. The van der Waals surface area contributed by atoms with Gasteiger partial charge in [-0.3, -0.25) is 4.79 Å². The Morgan fingerprint density at radius 2 is 1.86 bits per heavy atom. The zero-order chi connectivity index (χ0) is 20.7. The molecule has 2 N–H and O–H groups in total. The number of nitrogens with zero attached hydrogens (tertiary/aromatic N) is 2. The van der Waals surface area contributed by atoms with Crippen molar-refractivity contribution >= 4 is 23.4 Å². The van der Waals surface area contributed by atoms with Gasteiger partial charge in [-0.15, -0.1) is 0 Å². The molecule has 0 fully saturated rings. The zero-order valence-electron chi connectivity index (χ0n) is 15.5. The minimum atomic E-state index is -4.45. The maximum absolute atomic E-state index is 12.6. The number of aromatic nitrogens is 1. The molecule has 1 heterocycles. The average Bonchev–Trinajstić information content (AvgIpc) is 3.02. The number of benzene rings is 1. The van der Waals surface area contributed by atoms with Gasteiger partial charge in [0.15, 0.2) is 5.82 Å². The van der Waals surface area contributed by atoms with E-state index < -0.39 is 23.7 Å². The number of halogens is 3. The second-order valence-corrected chi connectivity index (χ2v) is 6.15. The lowest BCUT2D eigenvalue weighted by Crippen LogP contribution is -2.41. The van der Waals surface area contributed by atoms with Crippen molar-refractivity contribution in [3.63, 3.8) is 0 Å². The summed E-state index contributed by atoms with van der Waals surface area (Å²) >= 11 is 0. The summed E-state index contributed by atoms with van der Waals surface area (Å²) in [7, 11) is 0. The highest BCUT2D eigenvalue weighted by molar-refractivity contribution is 5.96. The number of aryl methyl sites for hydroxylation is 1. The fourth-order valence-electron chi connectivity index (χ4n) is 2.33. The van der Waals surface area contributed by atoms with Crippen LogP contribution in [0.25, 0.3) is 0 Å². The van der Waals surface area contributed by atoms with E-state index in [9.17, 15) is 22.8 Å². The largest absolute Gasteiger partial charge is 0.416 e. The van der Waals surface area contributed by atoms with Gasteiger partial charge >= 0.3 is 12.2 Å². The quantitative estimate of drug-likeness (QED) is 0.729. The first kappa shape index (κ1) is 21.3. The Bertz CT molecular complexity index is 803. The van der Waals surface area contributed by atoms with Crippen molar-refractivity contribution in [3.8, 4) is 0 Å². The molecule has 152 valence electrons. The van der Waals surface area contributed by atoms with Crippen LogP contribution in [-0.4, -0.2) is 35.1 Å². The first-order chi connectivity index (χ1) is 13.2. The Hall–Kier alpha value is -3.04. The van der Waals surface area contributed by atoms with E-state index in [1.54, 1.807) is 6.92 Å². The normalized spacial score (nSPS) is 11.2. The summed E-state index contributed by atoms with van der Waals surface area (Å²) in [6.07, 6.45) is -2.99. The maximum atomic E-state index is 12.6. The highest BCUT2D eigenvalue weighted by Gasteiger charge is 2.30. The molecule has 0 atom stereocenters. The van der Waals surface area contributed by atoms with Crippen LogP contribution in [0.1, 0.15) is 31.1 Å². The molecule has 3 amide bonds. The lowest BCUT2D eigenvalue weighted by Gasteiger charge is -2.22. The van der Waals surface area contributed by atoms with Crippen molar-refractivity contribution in [2.24, 2.45) is 0 Å². The summed E-state index contributed by atoms with van der Waals surface area (Å²) < 4.78 is 42.7. The third-order valence-corrected chi connectivity index (χ3v) is 3.76. The maximum Gasteiger partial charge on any atom is 0.416 e. The van der Waals surface area contributed by atoms with Crippen molar-refractivity contribution in [1.29, 1.82) is 0 Å². The molecule has 0 aliphatic heterocycles. The molecule has 2 rings (SSSR count). The van der Waals surface area contributed by atoms with Crippen molar-refractivity contribution in [2.75, 3.05) is 23.7 Å². The summed E-state index contributed by atoms with van der Waals surface area (Å²) in [6, 6.07) is 5.04. The first-order valence-corrected chi connectivity index (χ1v) is 8.65. The molecule has 0 unspecified atom stereocenters. The van der Waals surface area contributed by atoms with Gasteiger partial charge in [0.2, 0.25) is 5.91 Å². The van der Waals surface area contributed by atoms with Crippen molar-refractivity contribution < 1.29 is 27.3 Å². The molecule has 0 spiro atoms. The average molecular weight is 398 g/mol. The predicted molar refractivity (Wildman–Crippen MR) is 96.8 cm³/mol. The topological polar surface area (TPSA) is 87.5 Å². The zero-order valence-corrected chi connectivity index (χ0v) is 15.5. The second kappa shape index (κ2) is 9.25. The molecule has 0 aliphatic carbocycles. The number of hydrogen-bond acceptors (Lipinski definition) is 4. The number of carbonyl (C=O) groups excluding carboxylic acids is 2. The Kier molecular flexibility index (Phi) is 7.02. The van der Waals surface area contributed by atoms with Crippen LogP contribution in [0, 0.1) is 6.92 Å². The summed E-state index contributed by atoms with van der Waals surface area (Å²) in [5.74, 6) is 0.297. The number of carbonyl (C=O) groups is 2. The van der Waals surface area contributed by atoms with Gasteiger partial charge in [-0.2, -0.15) is 13.2 Å². The number of nitrogens with one attached hydrogen (secondary N) is 2. The van der Waals surface area contributed by atoms with Gasteiger partial charge in [-0.25, -0.2) is 4.79 Å². The molecule has 1 aromatic carbocycles. The Morgan fingerprint density at radius 3 is 2.39 bits per heavy atom. The number of hydrogen-bond donors (Lipinski definition) is 2. The molecule has 28 heavy (non-hydrogen) atoms. The molecular weight excluding hydrogens is 377 g/mol. The number of amides is 3. The molecule has 1 aromatic heterocycles. The molecule has 7 nitrogen and oxygen atoms in total. The van der Waals surface area contributed by atoms with Gasteiger partial charge in [0.1, 0.15) is 12.3 Å². The van der Waals surface area contributed by atoms with E-state index in [0.717, 1.165) is 30.7 Å². The molecule has 0 saturated heterocycles. The van der Waals surface area contributed by atoms with Crippen LogP contribution in [0.2, 0.25) is 0 Å². The van der Waals surface area contributed by atoms with Gasteiger partial charge in [0.25, 0.3) is 0 Å². The number of urea groups is 1. The number of rotatable bonds is 7. The first-order valence-electron chi connectivity index (χ1n) is 8.65. The van der Waals surface area contributed by atoms with Crippen LogP contribution < -0.4 is 10.6 Å². The third kappa shape index (κ3) is 6.29. The number of alkyl halides is 3. The van der Waals surface area contributed by atoms with Crippen molar-refractivity contribution in [3.05, 3.63) is 41.7 Å². The van der Waals surface area contributed by atoms with E-state index in [0.29, 0.717) is 18.7 Å². The Balaban J connectivity index is 2.00. The standard InChI is InChI=1S/C18H21F3N4O3/c1-3-4-9-25(11-16(26)23-15-10-12(2)28-24-15)17(27)22-14-7-5-13(6-8-14)18(19,20)21/h5-8,10H,3-4,9,11H2,1-2H3,(H,22,27)(H,23,24,26). The van der Waals surface area contributed by atoms with E-state index in [4.69, 9.17) is 4.52 Å². The second-order valence-electron chi connectivity index (χ2n) is 6.15. The summed E-state index contributed by atoms with van der Waals surface area (Å²) in [6.45, 7) is 3.69. The van der Waals surface area contributed by atoms with Crippen LogP contribution in [0.5, 0.6) is 0 Å². The predicted octanol–water partition coefficient (Wildman–Crippen LogP) is 4.27. The van der Waals surface area contributed by atoms with Gasteiger partial charge in [-0.05, 0) is 37.6 Å². The van der Waals surface area contributed by atoms with Gasteiger partial charge in [-0.1, -0.05) is 18.5 Å². The van der Waals surface area contributed by atoms with Crippen LogP contribution in [0.15, 0.2) is 34.9 Å². The number of anilines is 2. The highest BCUT2D eigenvalue weighted by atomic mass is 19.4. The van der Waals surface area contributed by atoms with Crippen molar-refractivity contribution in [2.45, 2.75) is 32.9 Å². The van der Waals surface area contributed by atoms with Gasteiger partial charge < -0.3 is 20.1 Å². The minimum Gasteiger partial charge on any atom is -0.360 e. The van der Waals surface area contributed by atoms with Crippen LogP contribution in [-0.2, 0) is 11.0 Å². The summed E-state index contributed by atoms with van der Waals surface area (Å²) in [5, 5.41) is 8.68. The lowest BCUT2D eigenvalue weighted by molar-refractivity contribution is -0.137. The lowest BCUT2D eigenvalue weighted by atomic mass is 10.2. The van der Waals surface area contributed by atoms with E-state index in [1.807, 2.05) is 6.92 Å². The molecule has 0 radical (unpaired) electrons. The van der Waals surface area contributed by atoms with E-state index in [-0.39, 0.29) is 18.1 Å². The Labute approximate surface area is 159 Å². The number of unbranched alkanes of at least 4 members (excludes halogenated alkanes) is 1. The minimum absolute atomic E-state index is 0.201. The molecule has 2 aromatic rings. The van der Waals surface area contributed by atoms with Gasteiger partial charge in [0, 0.05) is 18.3 Å². The fourth-order valence-corrected chi connectivity index (χ4v) is 2.33. The third-order valence-electron chi connectivity index (χ3n) is 3.76. The van der Waals surface area contributed by atoms with Crippen LogP contribution >= 0.6 is 0 Å². The van der Waals surface area contributed by atoms with Crippen LogP contribution in [0.4, 0.5) is 29.5 Å². The fraction of sp³-hybridized carbons (Fsp3) is 0.389. The van der Waals surface area contributed by atoms with E-state index in [1.165, 1.54) is 11.0 Å². The van der Waals surface area contributed by atoms with Crippen LogP contribution in [0.3, 0.4) is 0 Å². The Morgan fingerprint density at radius 1 is 1.18 bits per heavy atom. The SMILES string of the molecule is CCCCN(CC(=O)Nc1cc(C)on1)C(=O)Nc1ccc(C(F)(F)F)cc1. The monoisotopic (exact) mass is 398 g/mol. The summed E-state index contributed by atoms with van der Waals surface area (Å²) in [5.41, 5.74) is -0.609. The smallest absolute Gasteiger partial charge is 0.360 e.